The third-order valence-corrected chi connectivity index (χ3v) is 5.93. The first kappa shape index (κ1) is 21.9. The monoisotopic (exact) mass is 416 g/mol. The van der Waals surface area contributed by atoms with Gasteiger partial charge in [-0.1, -0.05) is 45.0 Å². The Kier molecular flexibility index (Phi) is 5.94. The normalized spacial score (nSPS) is 17.7. The van der Waals surface area contributed by atoms with E-state index in [-0.39, 0.29) is 29.0 Å². The molecule has 1 atom stereocenters. The van der Waals surface area contributed by atoms with Crippen LogP contribution >= 0.6 is 0 Å². The van der Waals surface area contributed by atoms with Crippen molar-refractivity contribution in [2.24, 2.45) is 0 Å². The molecule has 7 heteroatoms. The summed E-state index contributed by atoms with van der Waals surface area (Å²) in [4.78, 5) is 23.6. The van der Waals surface area contributed by atoms with Crippen LogP contribution in [0, 0.1) is 0 Å². The number of nitrogens with one attached hydrogen (secondary N) is 2. The van der Waals surface area contributed by atoms with Crippen molar-refractivity contribution < 1.29 is 23.6 Å². The Morgan fingerprint density at radius 2 is 1.83 bits per heavy atom. The maximum absolute atomic E-state index is 14.9. The zero-order chi connectivity index (χ0) is 22.1. The van der Waals surface area contributed by atoms with Crippen LogP contribution in [-0.4, -0.2) is 17.0 Å². The Hall–Kier alpha value is -2.80. The van der Waals surface area contributed by atoms with E-state index >= 15 is 0 Å². The van der Waals surface area contributed by atoms with Gasteiger partial charge in [0.05, 0.1) is 0 Å². The van der Waals surface area contributed by atoms with Gasteiger partial charge < -0.3 is 5.32 Å². The second-order valence-corrected chi connectivity index (χ2v) is 8.52. The lowest BCUT2D eigenvalue weighted by atomic mass is 9.69. The summed E-state index contributed by atoms with van der Waals surface area (Å²) >= 11 is 0. The van der Waals surface area contributed by atoms with Crippen LogP contribution in [0.2, 0.25) is 0 Å². The molecule has 1 unspecified atom stereocenters. The van der Waals surface area contributed by atoms with Crippen LogP contribution < -0.4 is 10.8 Å². The van der Waals surface area contributed by atoms with E-state index in [1.165, 1.54) is 41.9 Å². The molecule has 2 aromatic rings. The minimum atomic E-state index is -3.66. The summed E-state index contributed by atoms with van der Waals surface area (Å²) < 4.78 is 29.7. The van der Waals surface area contributed by atoms with Crippen LogP contribution in [0.5, 0.6) is 0 Å². The third-order valence-electron chi connectivity index (χ3n) is 5.93. The molecule has 0 saturated heterocycles. The van der Waals surface area contributed by atoms with E-state index in [1.54, 1.807) is 6.07 Å². The predicted octanol–water partition coefficient (Wildman–Crippen LogP) is 4.39. The molecule has 3 rings (SSSR count). The Labute approximate surface area is 174 Å². The fourth-order valence-electron chi connectivity index (χ4n) is 3.91. The summed E-state index contributed by atoms with van der Waals surface area (Å²) in [6.45, 7) is 6.13. The van der Waals surface area contributed by atoms with Crippen LogP contribution in [0.25, 0.3) is 0 Å². The highest BCUT2D eigenvalue weighted by Crippen LogP contribution is 2.44. The number of fused-ring (bicyclic) bond motifs is 1. The summed E-state index contributed by atoms with van der Waals surface area (Å²) in [5.74, 6) is -5.54. The highest BCUT2D eigenvalue weighted by Gasteiger charge is 2.42. The Bertz CT molecular complexity index is 955. The number of carbonyl (C=O) groups excluding carboxylic acids is 2. The molecule has 0 aromatic heterocycles. The number of carbonyl (C=O) groups is 2. The van der Waals surface area contributed by atoms with Crippen LogP contribution in [0.1, 0.15) is 72.1 Å². The molecular weight excluding hydrogens is 390 g/mol. The molecule has 2 aromatic carbocycles. The Morgan fingerprint density at radius 1 is 1.17 bits per heavy atom. The largest absolute Gasteiger partial charge is 0.349 e. The van der Waals surface area contributed by atoms with E-state index < -0.39 is 17.7 Å². The number of hydrogen-bond donors (Lipinski definition) is 3. The molecule has 0 saturated carbocycles. The van der Waals surface area contributed by atoms with Gasteiger partial charge in [0.2, 0.25) is 0 Å². The van der Waals surface area contributed by atoms with Gasteiger partial charge in [0.25, 0.3) is 11.8 Å². The molecule has 160 valence electrons. The molecule has 1 aliphatic rings. The van der Waals surface area contributed by atoms with Crippen molar-refractivity contribution in [1.82, 2.24) is 10.8 Å². The lowest BCUT2D eigenvalue weighted by Gasteiger charge is -2.36. The smallest absolute Gasteiger partial charge is 0.346 e. The molecular formula is C23H26F2N2O3. The second-order valence-electron chi connectivity index (χ2n) is 8.52. The van der Waals surface area contributed by atoms with Crippen molar-refractivity contribution in [2.75, 3.05) is 0 Å². The zero-order valence-electron chi connectivity index (χ0n) is 17.3. The van der Waals surface area contributed by atoms with Gasteiger partial charge in [0, 0.05) is 17.7 Å². The van der Waals surface area contributed by atoms with Crippen molar-refractivity contribution in [3.63, 3.8) is 0 Å². The van der Waals surface area contributed by atoms with Crippen molar-refractivity contribution in [3.8, 4) is 0 Å². The van der Waals surface area contributed by atoms with Gasteiger partial charge in [-0.15, -0.1) is 0 Å². The Balaban J connectivity index is 1.74. The van der Waals surface area contributed by atoms with E-state index in [0.29, 0.717) is 5.56 Å². The topological polar surface area (TPSA) is 78.4 Å². The molecule has 1 aliphatic carbocycles. The number of alkyl halides is 2. The van der Waals surface area contributed by atoms with Crippen molar-refractivity contribution in [2.45, 2.75) is 57.4 Å². The average Bonchev–Trinajstić information content (AvgIpc) is 2.74. The van der Waals surface area contributed by atoms with Crippen LogP contribution in [0.3, 0.4) is 0 Å². The maximum Gasteiger partial charge on any atom is 0.349 e. The number of halogens is 2. The highest BCUT2D eigenvalue weighted by atomic mass is 19.3. The first-order chi connectivity index (χ1) is 14.1. The molecule has 30 heavy (non-hydrogen) atoms. The number of hydrogen-bond acceptors (Lipinski definition) is 3. The van der Waals surface area contributed by atoms with E-state index in [1.807, 2.05) is 6.92 Å². The van der Waals surface area contributed by atoms with Crippen LogP contribution in [0.15, 0.2) is 42.5 Å². The SMILES string of the molecule is CC1CCC(C)(C)c2ccc(C(F)(F)C(=O)NCc3ccc(C(=O)NO)cc3)cc21. The summed E-state index contributed by atoms with van der Waals surface area (Å²) in [6.07, 6.45) is 1.92. The van der Waals surface area contributed by atoms with Crippen molar-refractivity contribution in [1.29, 1.82) is 0 Å². The number of rotatable bonds is 5. The number of benzene rings is 2. The average molecular weight is 416 g/mol. The first-order valence-corrected chi connectivity index (χ1v) is 9.90. The van der Waals surface area contributed by atoms with E-state index in [9.17, 15) is 18.4 Å². The molecule has 0 fully saturated rings. The Morgan fingerprint density at radius 3 is 2.47 bits per heavy atom. The van der Waals surface area contributed by atoms with Crippen molar-refractivity contribution in [3.05, 3.63) is 70.3 Å². The molecule has 3 N–H and O–H groups in total. The fraction of sp³-hybridized carbons (Fsp3) is 0.391. The fourth-order valence-corrected chi connectivity index (χ4v) is 3.91. The lowest BCUT2D eigenvalue weighted by Crippen LogP contribution is -2.38. The van der Waals surface area contributed by atoms with E-state index in [0.717, 1.165) is 24.0 Å². The van der Waals surface area contributed by atoms with Gasteiger partial charge in [-0.2, -0.15) is 8.78 Å². The minimum Gasteiger partial charge on any atom is -0.346 e. The molecule has 0 spiro atoms. The predicted molar refractivity (Wildman–Crippen MR) is 109 cm³/mol. The highest BCUT2D eigenvalue weighted by molar-refractivity contribution is 5.93. The van der Waals surface area contributed by atoms with E-state index in [4.69, 9.17) is 5.21 Å². The quantitative estimate of drug-likeness (QED) is 0.500. The van der Waals surface area contributed by atoms with Gasteiger partial charge in [0.1, 0.15) is 0 Å². The number of amides is 2. The van der Waals surface area contributed by atoms with Gasteiger partial charge in [-0.25, -0.2) is 5.48 Å². The van der Waals surface area contributed by atoms with Gasteiger partial charge in [0.15, 0.2) is 0 Å². The third kappa shape index (κ3) is 4.21. The van der Waals surface area contributed by atoms with Crippen molar-refractivity contribution >= 4 is 11.8 Å². The summed E-state index contributed by atoms with van der Waals surface area (Å²) in [5, 5.41) is 10.9. The van der Waals surface area contributed by atoms with Gasteiger partial charge in [-0.05, 0) is 59.1 Å². The maximum atomic E-state index is 14.9. The summed E-state index contributed by atoms with van der Waals surface area (Å²) in [7, 11) is 0. The molecule has 2 amide bonds. The van der Waals surface area contributed by atoms with Crippen LogP contribution in [0.4, 0.5) is 8.78 Å². The molecule has 0 radical (unpaired) electrons. The van der Waals surface area contributed by atoms with Gasteiger partial charge in [-0.3, -0.25) is 14.8 Å². The summed E-state index contributed by atoms with van der Waals surface area (Å²) in [6, 6.07) is 10.4. The lowest BCUT2D eigenvalue weighted by molar-refractivity contribution is -0.147. The molecule has 0 bridgehead atoms. The first-order valence-electron chi connectivity index (χ1n) is 9.90. The number of hydroxylamine groups is 1. The summed E-state index contributed by atoms with van der Waals surface area (Å²) in [5.41, 5.74) is 3.84. The molecule has 5 nitrogen and oxygen atoms in total. The second kappa shape index (κ2) is 8.14. The van der Waals surface area contributed by atoms with Gasteiger partial charge >= 0.3 is 5.92 Å². The van der Waals surface area contributed by atoms with Crippen LogP contribution in [-0.2, 0) is 22.7 Å². The zero-order valence-corrected chi connectivity index (χ0v) is 17.3. The standard InChI is InChI=1S/C23H26F2N2O3/c1-14-10-11-22(2,3)19-9-8-17(12-18(14)19)23(24,25)21(29)26-13-15-4-6-16(7-5-15)20(28)27-30/h4-9,12,14,30H,10-11,13H2,1-3H3,(H,26,29)(H,27,28). The molecule has 0 aliphatic heterocycles. The van der Waals surface area contributed by atoms with E-state index in [2.05, 4.69) is 19.2 Å². The molecule has 0 heterocycles. The minimum absolute atomic E-state index is 0.0724.